The predicted molar refractivity (Wildman–Crippen MR) is 145 cm³/mol. The summed E-state index contributed by atoms with van der Waals surface area (Å²) in [6.45, 7) is 10.2. The predicted octanol–water partition coefficient (Wildman–Crippen LogP) is 5.91. The molecule has 2 aromatic heterocycles. The highest BCUT2D eigenvalue weighted by atomic mass is 32.1. The fourth-order valence-corrected chi connectivity index (χ4v) is 5.51. The van der Waals surface area contributed by atoms with Crippen molar-refractivity contribution in [3.8, 4) is 0 Å². The number of pyridine rings is 1. The van der Waals surface area contributed by atoms with Crippen LogP contribution in [0, 0.1) is 26.7 Å². The van der Waals surface area contributed by atoms with Crippen LogP contribution in [0.3, 0.4) is 0 Å². The van der Waals surface area contributed by atoms with E-state index < -0.39 is 0 Å². The molecule has 1 aliphatic carbocycles. The molecule has 7 heteroatoms. The summed E-state index contributed by atoms with van der Waals surface area (Å²) in [7, 11) is 0. The second kappa shape index (κ2) is 9.11. The average molecular weight is 488 g/mol. The molecule has 1 aromatic carbocycles. The summed E-state index contributed by atoms with van der Waals surface area (Å²) in [4.78, 5) is 19.2. The van der Waals surface area contributed by atoms with Crippen molar-refractivity contribution in [2.45, 2.75) is 65.6 Å². The number of nitrogens with zero attached hydrogens (tertiary/aromatic N) is 3. The highest BCUT2D eigenvalue weighted by Gasteiger charge is 2.43. The molecule has 2 atom stereocenters. The van der Waals surface area contributed by atoms with E-state index in [0.717, 1.165) is 22.6 Å². The van der Waals surface area contributed by atoms with Crippen LogP contribution >= 0.6 is 12.2 Å². The van der Waals surface area contributed by atoms with Gasteiger partial charge in [0.1, 0.15) is 0 Å². The zero-order chi connectivity index (χ0) is 24.9. The first-order valence-corrected chi connectivity index (χ1v) is 12.8. The molecule has 3 heterocycles. The fraction of sp³-hybridized carbons (Fsp3) is 0.393. The van der Waals surface area contributed by atoms with Crippen LogP contribution in [0.15, 0.2) is 48.7 Å². The average Bonchev–Trinajstić information content (AvgIpc) is 3.54. The molecular weight excluding hydrogens is 454 g/mol. The lowest BCUT2D eigenvalue weighted by Gasteiger charge is -2.29. The number of carbonyl (C=O) groups excluding carboxylic acids is 1. The normalized spacial score (nSPS) is 19.8. The largest absolute Gasteiger partial charge is 0.351 e. The van der Waals surface area contributed by atoms with E-state index in [1.165, 1.54) is 29.8 Å². The topological polar surface area (TPSA) is 62.2 Å². The molecular formula is C28H33N5OS. The van der Waals surface area contributed by atoms with Gasteiger partial charge in [-0.3, -0.25) is 9.78 Å². The van der Waals surface area contributed by atoms with E-state index in [0.29, 0.717) is 11.2 Å². The van der Waals surface area contributed by atoms with Crippen LogP contribution in [0.1, 0.15) is 73.0 Å². The molecule has 2 fully saturated rings. The Bertz CT molecular complexity index is 1280. The maximum Gasteiger partial charge on any atom is 0.226 e. The lowest BCUT2D eigenvalue weighted by molar-refractivity contribution is -0.118. The van der Waals surface area contributed by atoms with Crippen LogP contribution in [0.25, 0.3) is 0 Å². The number of benzene rings is 1. The monoisotopic (exact) mass is 487 g/mol. The Kier molecular flexibility index (Phi) is 6.13. The zero-order valence-electron chi connectivity index (χ0n) is 21.0. The van der Waals surface area contributed by atoms with Crippen molar-refractivity contribution in [1.29, 1.82) is 0 Å². The molecule has 6 nitrogen and oxygen atoms in total. The van der Waals surface area contributed by atoms with Crippen LogP contribution in [-0.4, -0.2) is 20.6 Å². The van der Waals surface area contributed by atoms with Gasteiger partial charge in [-0.25, -0.2) is 0 Å². The fourth-order valence-electron chi connectivity index (χ4n) is 5.16. The van der Waals surface area contributed by atoms with Crippen LogP contribution in [0.5, 0.6) is 0 Å². The van der Waals surface area contributed by atoms with E-state index >= 15 is 0 Å². The molecule has 0 radical (unpaired) electrons. The van der Waals surface area contributed by atoms with Gasteiger partial charge in [-0.05, 0) is 93.4 Å². The van der Waals surface area contributed by atoms with Gasteiger partial charge in [0.05, 0.1) is 17.8 Å². The van der Waals surface area contributed by atoms with Crippen molar-refractivity contribution in [3.63, 3.8) is 0 Å². The van der Waals surface area contributed by atoms with E-state index in [2.05, 4.69) is 57.1 Å². The van der Waals surface area contributed by atoms with Crippen LogP contribution in [0.4, 0.5) is 11.4 Å². The first-order chi connectivity index (χ1) is 16.8. The quantitative estimate of drug-likeness (QED) is 0.423. The molecule has 0 bridgehead atoms. The first-order valence-electron chi connectivity index (χ1n) is 12.4. The zero-order valence-corrected chi connectivity index (χ0v) is 21.8. The van der Waals surface area contributed by atoms with Gasteiger partial charge in [0.15, 0.2) is 5.11 Å². The summed E-state index contributed by atoms with van der Waals surface area (Å²) in [5.41, 5.74) is 7.66. The summed E-state index contributed by atoms with van der Waals surface area (Å²) >= 11 is 5.91. The highest BCUT2D eigenvalue weighted by molar-refractivity contribution is 7.80. The van der Waals surface area contributed by atoms with Gasteiger partial charge in [-0.1, -0.05) is 19.9 Å². The van der Waals surface area contributed by atoms with Crippen LogP contribution in [0.2, 0.25) is 0 Å². The van der Waals surface area contributed by atoms with E-state index in [9.17, 15) is 4.79 Å². The Labute approximate surface area is 212 Å². The maximum absolute atomic E-state index is 12.3. The third-order valence-electron chi connectivity index (χ3n) is 7.12. The van der Waals surface area contributed by atoms with Crippen molar-refractivity contribution in [1.82, 2.24) is 14.9 Å². The summed E-state index contributed by atoms with van der Waals surface area (Å²) < 4.78 is 2.49. The minimum Gasteiger partial charge on any atom is -0.351 e. The number of hydrogen-bond acceptors (Lipinski definition) is 3. The highest BCUT2D eigenvalue weighted by Crippen LogP contribution is 2.46. The van der Waals surface area contributed by atoms with Gasteiger partial charge < -0.3 is 20.1 Å². The molecule has 35 heavy (non-hydrogen) atoms. The van der Waals surface area contributed by atoms with E-state index in [1.54, 1.807) is 0 Å². The Balaban J connectivity index is 1.58. The Morgan fingerprint density at radius 1 is 1.14 bits per heavy atom. The summed E-state index contributed by atoms with van der Waals surface area (Å²) in [5.74, 6) is -0.0607. The molecule has 2 aliphatic rings. The van der Waals surface area contributed by atoms with Crippen LogP contribution < -0.4 is 15.5 Å². The summed E-state index contributed by atoms with van der Waals surface area (Å²) in [6.07, 6.45) is 4.32. The van der Waals surface area contributed by atoms with Gasteiger partial charge in [-0.2, -0.15) is 0 Å². The van der Waals surface area contributed by atoms with Crippen molar-refractivity contribution in [3.05, 3.63) is 76.9 Å². The van der Waals surface area contributed by atoms with Gasteiger partial charge in [-0.15, -0.1) is 0 Å². The Morgan fingerprint density at radius 2 is 1.91 bits per heavy atom. The van der Waals surface area contributed by atoms with Crippen LogP contribution in [-0.2, 0) is 4.79 Å². The third-order valence-corrected chi connectivity index (χ3v) is 7.44. The van der Waals surface area contributed by atoms with Crippen molar-refractivity contribution in [2.24, 2.45) is 5.92 Å². The number of thiocarbonyl (C=S) groups is 1. The summed E-state index contributed by atoms with van der Waals surface area (Å²) in [5, 5.41) is 7.28. The number of nitrogens with one attached hydrogen (secondary N) is 2. The molecule has 3 aromatic rings. The molecule has 5 rings (SSSR count). The van der Waals surface area contributed by atoms with Gasteiger partial charge in [0.2, 0.25) is 5.91 Å². The molecule has 1 aliphatic heterocycles. The number of anilines is 2. The van der Waals surface area contributed by atoms with E-state index in [4.69, 9.17) is 12.2 Å². The van der Waals surface area contributed by atoms with E-state index in [1.807, 2.05) is 51.2 Å². The molecule has 0 spiro atoms. The lowest BCUT2D eigenvalue weighted by atomic mass is 9.96. The first kappa shape index (κ1) is 23.5. The Hall–Kier alpha value is -3.19. The molecule has 2 N–H and O–H groups in total. The van der Waals surface area contributed by atoms with E-state index in [-0.39, 0.29) is 23.9 Å². The maximum atomic E-state index is 12.3. The second-order valence-corrected chi connectivity index (χ2v) is 10.5. The number of rotatable bonds is 6. The van der Waals surface area contributed by atoms with Gasteiger partial charge in [0.25, 0.3) is 0 Å². The number of amides is 1. The van der Waals surface area contributed by atoms with Gasteiger partial charge >= 0.3 is 0 Å². The van der Waals surface area contributed by atoms with Crippen molar-refractivity contribution < 1.29 is 4.79 Å². The second-order valence-electron chi connectivity index (χ2n) is 10.1. The minimum absolute atomic E-state index is 0.0137. The molecule has 1 amide bonds. The minimum atomic E-state index is -0.0744. The van der Waals surface area contributed by atoms with Crippen molar-refractivity contribution in [2.75, 3.05) is 10.2 Å². The summed E-state index contributed by atoms with van der Waals surface area (Å²) in [6, 6.07) is 15.0. The standard InChI is InChI=1S/C28H33N5OS/c1-16(2)27(34)30-23-12-11-21(14-17(23)3)33-26(22-15-18(4)32(19(22)5)20-9-10-20)25(31-28(33)35)24-8-6-7-13-29-24/h6-8,11-16,20,25-26H,9-10H2,1-5H3,(H,30,34)(H,31,35)/t25-,26+/m1/s1. The third kappa shape index (κ3) is 4.33. The Morgan fingerprint density at radius 3 is 2.54 bits per heavy atom. The number of aromatic nitrogens is 2. The molecule has 1 saturated carbocycles. The number of hydrogen-bond donors (Lipinski definition) is 2. The molecule has 1 saturated heterocycles. The lowest BCUT2D eigenvalue weighted by Crippen LogP contribution is -2.29. The van der Waals surface area contributed by atoms with Crippen molar-refractivity contribution >= 4 is 34.6 Å². The van der Waals surface area contributed by atoms with Gasteiger partial charge in [0, 0.05) is 40.9 Å². The number of carbonyl (C=O) groups is 1. The number of aryl methyl sites for hydroxylation is 2. The molecule has 0 unspecified atom stereocenters. The molecule has 182 valence electrons. The smallest absolute Gasteiger partial charge is 0.226 e. The SMILES string of the molecule is Cc1cc(N2C(=S)N[C@H](c3ccccn3)[C@@H]2c2cc(C)n(C3CC3)c2C)ccc1NC(=O)C(C)C.